The molecule has 1 aromatic heterocycles. The van der Waals surface area contributed by atoms with Crippen LogP contribution in [-0.4, -0.2) is 55.8 Å². The Kier molecular flexibility index (Phi) is 9.29. The molecule has 1 aliphatic rings. The fraction of sp³-hybridized carbons (Fsp3) is 0.207. The summed E-state index contributed by atoms with van der Waals surface area (Å²) in [4.78, 5) is 39.5. The molecule has 0 saturated carbocycles. The van der Waals surface area contributed by atoms with Crippen molar-refractivity contribution in [2.75, 3.05) is 23.6 Å². The van der Waals surface area contributed by atoms with Crippen LogP contribution in [0.5, 0.6) is 0 Å². The second-order valence-corrected chi connectivity index (χ2v) is 10.6. The van der Waals surface area contributed by atoms with Gasteiger partial charge in [-0.2, -0.15) is 0 Å². The number of hydrogen-bond donors (Lipinski definition) is 4. The van der Waals surface area contributed by atoms with Gasteiger partial charge in [0.05, 0.1) is 21.8 Å². The van der Waals surface area contributed by atoms with Gasteiger partial charge in [-0.25, -0.2) is 9.02 Å². The number of fused-ring (bicyclic) bond motifs is 1. The van der Waals surface area contributed by atoms with Gasteiger partial charge in [0.25, 0.3) is 17.1 Å². The van der Waals surface area contributed by atoms with Gasteiger partial charge in [-0.15, -0.1) is 5.23 Å². The highest BCUT2D eigenvalue weighted by molar-refractivity contribution is 8.18. The molecular weight excluding hydrogens is 579 g/mol. The van der Waals surface area contributed by atoms with Crippen molar-refractivity contribution < 1.29 is 33.8 Å². The number of halogens is 1. The summed E-state index contributed by atoms with van der Waals surface area (Å²) in [5.41, 5.74) is 2.35. The van der Waals surface area contributed by atoms with Crippen LogP contribution in [0.2, 0.25) is 0 Å². The van der Waals surface area contributed by atoms with Crippen LogP contribution in [0.4, 0.5) is 26.2 Å². The molecule has 3 amide bonds. The van der Waals surface area contributed by atoms with Crippen molar-refractivity contribution in [3.63, 3.8) is 0 Å². The Hall–Kier alpha value is -4.79. The number of benzene rings is 3. The topological polar surface area (TPSA) is 161 Å². The summed E-state index contributed by atoms with van der Waals surface area (Å²) in [6.07, 6.45) is 4.49. The van der Waals surface area contributed by atoms with E-state index in [2.05, 4.69) is 20.9 Å². The summed E-state index contributed by atoms with van der Waals surface area (Å²) in [7, 11) is 0. The highest BCUT2D eigenvalue weighted by atomic mass is 32.2. The average Bonchev–Trinajstić information content (AvgIpc) is 3.59. The maximum Gasteiger partial charge on any atom is 0.293 e. The van der Waals surface area contributed by atoms with Crippen LogP contribution in [0.25, 0.3) is 17.1 Å². The quantitative estimate of drug-likeness (QED) is 0.0887. The molecule has 0 aliphatic carbocycles. The number of unbranched alkanes of at least 4 members (excludes halogenated alkanes) is 3. The van der Waals surface area contributed by atoms with Crippen molar-refractivity contribution in [3.8, 4) is 0 Å². The van der Waals surface area contributed by atoms with Gasteiger partial charge in [0.1, 0.15) is 11.5 Å². The van der Waals surface area contributed by atoms with E-state index >= 15 is 0 Å². The third-order valence-corrected chi connectivity index (χ3v) is 7.59. The SMILES string of the molecule is O=C(NCCCCCCN1C(=O)S/C(=C\c2ccc(F)cc2)C1=O)c1ccccc1Nc1ccc(N(O)O)c2nonc12. The lowest BCUT2D eigenvalue weighted by molar-refractivity contribution is -0.122. The lowest BCUT2D eigenvalue weighted by atomic mass is 10.1. The predicted octanol–water partition coefficient (Wildman–Crippen LogP) is 5.72. The number of hydrogen-bond acceptors (Lipinski definition) is 11. The van der Waals surface area contributed by atoms with Crippen molar-refractivity contribution >= 4 is 63.0 Å². The van der Waals surface area contributed by atoms with Gasteiger partial charge < -0.3 is 10.6 Å². The summed E-state index contributed by atoms with van der Waals surface area (Å²) >= 11 is 0.877. The average molecular weight is 607 g/mol. The van der Waals surface area contributed by atoms with Crippen molar-refractivity contribution in [2.45, 2.75) is 25.7 Å². The Morgan fingerprint density at radius 1 is 0.953 bits per heavy atom. The Morgan fingerprint density at radius 2 is 1.70 bits per heavy atom. The summed E-state index contributed by atoms with van der Waals surface area (Å²) < 4.78 is 17.9. The third kappa shape index (κ3) is 6.99. The van der Waals surface area contributed by atoms with Crippen molar-refractivity contribution in [1.82, 2.24) is 20.5 Å². The molecule has 222 valence electrons. The molecule has 0 unspecified atom stereocenters. The largest absolute Gasteiger partial charge is 0.353 e. The van der Waals surface area contributed by atoms with E-state index in [0.29, 0.717) is 53.3 Å². The molecule has 4 aromatic rings. The maximum atomic E-state index is 13.1. The Morgan fingerprint density at radius 3 is 2.49 bits per heavy atom. The molecule has 0 radical (unpaired) electrons. The van der Waals surface area contributed by atoms with Gasteiger partial charge in [0, 0.05) is 13.1 Å². The molecule has 4 N–H and O–H groups in total. The van der Waals surface area contributed by atoms with Crippen LogP contribution in [0.15, 0.2) is 70.2 Å². The summed E-state index contributed by atoms with van der Waals surface area (Å²) in [6, 6.07) is 15.6. The Balaban J connectivity index is 1.07. The lowest BCUT2D eigenvalue weighted by Gasteiger charge is -2.14. The van der Waals surface area contributed by atoms with Gasteiger partial charge in [0.2, 0.25) is 0 Å². The van der Waals surface area contributed by atoms with Crippen LogP contribution < -0.4 is 15.9 Å². The third-order valence-electron chi connectivity index (χ3n) is 6.69. The van der Waals surface area contributed by atoms with E-state index in [1.54, 1.807) is 48.5 Å². The standard InChI is InChI=1S/C29H27FN6O6S/c30-19-11-9-18(10-12-19)17-24-28(38)35(29(39)43-24)16-6-2-1-5-15-31-27(37)20-7-3-4-8-21(20)32-22-13-14-23(36(40)41)26-25(22)33-42-34-26/h3-4,7-14,17,32,40-41H,1-2,5-6,15-16H2,(H,31,37)/b24-17-. The van der Waals surface area contributed by atoms with Gasteiger partial charge in [-0.3, -0.25) is 29.7 Å². The molecular formula is C29H27FN6O6S. The zero-order chi connectivity index (χ0) is 30.3. The van der Waals surface area contributed by atoms with Gasteiger partial charge in [-0.05, 0) is 83.0 Å². The number of nitrogens with one attached hydrogen (secondary N) is 2. The van der Waals surface area contributed by atoms with E-state index in [4.69, 9.17) is 4.63 Å². The Bertz CT molecular complexity index is 1680. The van der Waals surface area contributed by atoms with Gasteiger partial charge in [0.15, 0.2) is 11.0 Å². The molecule has 0 atom stereocenters. The first-order valence-electron chi connectivity index (χ1n) is 13.4. The lowest BCUT2D eigenvalue weighted by Crippen LogP contribution is -2.29. The second kappa shape index (κ2) is 13.5. The minimum absolute atomic E-state index is 0.0196. The first-order valence-corrected chi connectivity index (χ1v) is 14.2. The van der Waals surface area contributed by atoms with E-state index in [1.165, 1.54) is 23.1 Å². The number of rotatable bonds is 12. The first-order chi connectivity index (χ1) is 20.8. The van der Waals surface area contributed by atoms with Gasteiger partial charge >= 0.3 is 0 Å². The monoisotopic (exact) mass is 606 g/mol. The Labute approximate surface area is 249 Å². The highest BCUT2D eigenvalue weighted by Gasteiger charge is 2.34. The second-order valence-electron chi connectivity index (χ2n) is 9.61. The molecule has 1 aliphatic heterocycles. The normalized spacial score (nSPS) is 14.1. The number of thioether (sulfide) groups is 1. The van der Waals surface area contributed by atoms with E-state index in [1.807, 2.05) is 0 Å². The maximum absolute atomic E-state index is 13.1. The molecule has 14 heteroatoms. The van der Waals surface area contributed by atoms with Gasteiger partial charge in [-0.1, -0.05) is 37.1 Å². The minimum Gasteiger partial charge on any atom is -0.353 e. The molecule has 5 rings (SSSR count). The first kappa shape index (κ1) is 29.7. The molecule has 1 fully saturated rings. The zero-order valence-electron chi connectivity index (χ0n) is 22.7. The summed E-state index contributed by atoms with van der Waals surface area (Å²) in [6.45, 7) is 0.741. The zero-order valence-corrected chi connectivity index (χ0v) is 23.5. The molecule has 0 bridgehead atoms. The number of nitrogens with zero attached hydrogens (tertiary/aromatic N) is 4. The van der Waals surface area contributed by atoms with E-state index < -0.39 is 0 Å². The number of amides is 3. The molecule has 2 heterocycles. The van der Waals surface area contributed by atoms with Crippen molar-refractivity contribution in [3.05, 3.63) is 82.5 Å². The number of aromatic nitrogens is 2. The van der Waals surface area contributed by atoms with Crippen molar-refractivity contribution in [1.29, 1.82) is 0 Å². The molecule has 43 heavy (non-hydrogen) atoms. The fourth-order valence-corrected chi connectivity index (χ4v) is 5.36. The van der Waals surface area contributed by atoms with Crippen LogP contribution in [0.3, 0.4) is 0 Å². The number of carbonyl (C=O) groups excluding carboxylic acids is 3. The summed E-state index contributed by atoms with van der Waals surface area (Å²) in [5, 5.41) is 31.9. The molecule has 0 spiro atoms. The number of anilines is 3. The number of para-hydroxylation sites is 1. The van der Waals surface area contributed by atoms with E-state index in [9.17, 15) is 29.2 Å². The van der Waals surface area contributed by atoms with E-state index in [0.717, 1.165) is 24.6 Å². The van der Waals surface area contributed by atoms with Crippen LogP contribution >= 0.6 is 11.8 Å². The number of carbonyl (C=O) groups is 3. The molecule has 3 aromatic carbocycles. The van der Waals surface area contributed by atoms with Crippen molar-refractivity contribution in [2.24, 2.45) is 0 Å². The van der Waals surface area contributed by atoms with Crippen LogP contribution in [0, 0.1) is 5.82 Å². The fourth-order valence-electron chi connectivity index (χ4n) is 4.50. The predicted molar refractivity (Wildman–Crippen MR) is 157 cm³/mol. The highest BCUT2D eigenvalue weighted by Crippen LogP contribution is 2.33. The van der Waals surface area contributed by atoms with Crippen LogP contribution in [-0.2, 0) is 4.79 Å². The summed E-state index contributed by atoms with van der Waals surface area (Å²) in [5.74, 6) is -1.00. The molecule has 12 nitrogen and oxygen atoms in total. The number of imide groups is 1. The smallest absolute Gasteiger partial charge is 0.293 e. The van der Waals surface area contributed by atoms with Crippen LogP contribution in [0.1, 0.15) is 41.6 Å². The minimum atomic E-state index is -0.373. The molecule has 1 saturated heterocycles. The van der Waals surface area contributed by atoms with E-state index in [-0.39, 0.29) is 44.8 Å².